The maximum atomic E-state index is 4.47. The molecule has 0 amide bonds. The number of fused-ring (bicyclic) bond motifs is 2. The maximum absolute atomic E-state index is 4.47. The summed E-state index contributed by atoms with van der Waals surface area (Å²) in [5.74, 6) is 0. The number of hydrogen-bond acceptors (Lipinski definition) is 3. The molecule has 1 unspecified atom stereocenters. The van der Waals surface area contributed by atoms with E-state index in [1.807, 2.05) is 5.51 Å². The van der Waals surface area contributed by atoms with Crippen molar-refractivity contribution < 1.29 is 0 Å². The van der Waals surface area contributed by atoms with Crippen LogP contribution in [0.2, 0.25) is 0 Å². The summed E-state index contributed by atoms with van der Waals surface area (Å²) in [5, 5.41) is 0. The van der Waals surface area contributed by atoms with E-state index < -0.39 is 0 Å². The van der Waals surface area contributed by atoms with Crippen molar-refractivity contribution >= 4 is 37.5 Å². The number of aromatic nitrogens is 1. The minimum Gasteiger partial charge on any atom is -0.292 e. The lowest BCUT2D eigenvalue weighted by Crippen LogP contribution is -2.26. The summed E-state index contributed by atoms with van der Waals surface area (Å²) in [6.07, 6.45) is 2.38. The summed E-state index contributed by atoms with van der Waals surface area (Å²) in [7, 11) is 0. The van der Waals surface area contributed by atoms with Gasteiger partial charge in [0.15, 0.2) is 0 Å². The molecule has 2 nitrogen and oxygen atoms in total. The van der Waals surface area contributed by atoms with Crippen LogP contribution in [0.3, 0.4) is 0 Å². The lowest BCUT2D eigenvalue weighted by atomic mass is 10.0. The summed E-state index contributed by atoms with van der Waals surface area (Å²) in [6.45, 7) is 4.48. The Balaban J connectivity index is 1.62. The summed E-state index contributed by atoms with van der Waals surface area (Å²) >= 11 is 5.31. The van der Waals surface area contributed by atoms with Gasteiger partial charge in [-0.3, -0.25) is 4.90 Å². The zero-order valence-corrected chi connectivity index (χ0v) is 15.5. The van der Waals surface area contributed by atoms with E-state index in [0.717, 1.165) is 18.6 Å². The molecule has 2 heterocycles. The monoisotopic (exact) mass is 386 g/mol. The average Bonchev–Trinajstić information content (AvgIpc) is 2.92. The van der Waals surface area contributed by atoms with Gasteiger partial charge in [-0.15, -0.1) is 11.3 Å². The highest BCUT2D eigenvalue weighted by atomic mass is 79.9. The van der Waals surface area contributed by atoms with Crippen LogP contribution in [-0.4, -0.2) is 16.4 Å². The van der Waals surface area contributed by atoms with E-state index in [1.165, 1.54) is 38.7 Å². The molecule has 1 aromatic heterocycles. The molecule has 0 saturated heterocycles. The number of aryl methyl sites for hydroxylation is 1. The van der Waals surface area contributed by atoms with Crippen LogP contribution >= 0.6 is 27.3 Å². The Labute approximate surface area is 149 Å². The van der Waals surface area contributed by atoms with Crippen LogP contribution in [0.5, 0.6) is 0 Å². The minimum atomic E-state index is 0.413. The molecule has 3 aromatic rings. The van der Waals surface area contributed by atoms with Crippen LogP contribution in [0.15, 0.2) is 46.4 Å². The van der Waals surface area contributed by atoms with Gasteiger partial charge in [-0.2, -0.15) is 0 Å². The molecule has 4 rings (SSSR count). The van der Waals surface area contributed by atoms with Crippen LogP contribution in [0.4, 0.5) is 0 Å². The van der Waals surface area contributed by atoms with Crippen molar-refractivity contribution in [1.29, 1.82) is 0 Å². The number of halogens is 1. The second kappa shape index (κ2) is 6.34. The Morgan fingerprint density at radius 2 is 2.09 bits per heavy atom. The van der Waals surface area contributed by atoms with Gasteiger partial charge in [0.25, 0.3) is 0 Å². The van der Waals surface area contributed by atoms with E-state index in [1.54, 1.807) is 11.3 Å². The Bertz CT molecular complexity index is 842. The lowest BCUT2D eigenvalue weighted by Gasteiger charge is -2.28. The third-order valence-electron chi connectivity index (χ3n) is 4.82. The topological polar surface area (TPSA) is 16.1 Å². The molecular formula is C19H19BrN2S. The first kappa shape index (κ1) is 15.3. The molecule has 0 N–H and O–H groups in total. The number of nitrogens with zero attached hydrogens (tertiary/aromatic N) is 2. The standard InChI is InChI=1S/C19H19BrN2S/c1-13(14-5-7-19-18(10-14)21-12-23-19)22-8-2-3-15-9-17(20)6-4-16(15)11-22/h4-7,9-10,12-13H,2-3,8,11H2,1H3. The first-order valence-corrected chi connectivity index (χ1v) is 9.72. The average molecular weight is 387 g/mol. The normalized spacial score (nSPS) is 17.0. The van der Waals surface area contributed by atoms with Gasteiger partial charge >= 0.3 is 0 Å². The Morgan fingerprint density at radius 3 is 3.00 bits per heavy atom. The van der Waals surface area contributed by atoms with Gasteiger partial charge in [0.1, 0.15) is 0 Å². The number of hydrogen-bond donors (Lipinski definition) is 0. The van der Waals surface area contributed by atoms with Gasteiger partial charge in [-0.1, -0.05) is 28.1 Å². The Morgan fingerprint density at radius 1 is 1.17 bits per heavy atom. The summed E-state index contributed by atoms with van der Waals surface area (Å²) < 4.78 is 2.46. The number of rotatable bonds is 2. The SMILES string of the molecule is CC(c1ccc2scnc2c1)N1CCCc2cc(Br)ccc2C1. The summed E-state index contributed by atoms with van der Waals surface area (Å²) in [6, 6.07) is 13.9. The fourth-order valence-electron chi connectivity index (χ4n) is 3.43. The Kier molecular flexibility index (Phi) is 4.22. The zero-order chi connectivity index (χ0) is 15.8. The number of benzene rings is 2. The molecule has 0 saturated carbocycles. The molecule has 0 aliphatic carbocycles. The second-order valence-electron chi connectivity index (χ2n) is 6.24. The van der Waals surface area contributed by atoms with E-state index in [9.17, 15) is 0 Å². The van der Waals surface area contributed by atoms with Gasteiger partial charge < -0.3 is 0 Å². The summed E-state index contributed by atoms with van der Waals surface area (Å²) in [4.78, 5) is 7.06. The number of thiazole rings is 1. The zero-order valence-electron chi connectivity index (χ0n) is 13.1. The lowest BCUT2D eigenvalue weighted by molar-refractivity contribution is 0.205. The summed E-state index contributed by atoms with van der Waals surface area (Å²) in [5.41, 5.74) is 7.37. The van der Waals surface area contributed by atoms with Crippen molar-refractivity contribution in [2.75, 3.05) is 6.54 Å². The molecule has 1 aliphatic heterocycles. The van der Waals surface area contributed by atoms with Crippen LogP contribution in [-0.2, 0) is 13.0 Å². The molecule has 0 spiro atoms. The second-order valence-corrected chi connectivity index (χ2v) is 8.04. The van der Waals surface area contributed by atoms with E-state index in [-0.39, 0.29) is 0 Å². The molecule has 118 valence electrons. The predicted molar refractivity (Wildman–Crippen MR) is 101 cm³/mol. The molecule has 4 heteroatoms. The fraction of sp³-hybridized carbons (Fsp3) is 0.316. The quantitative estimate of drug-likeness (QED) is 0.572. The Hall–Kier alpha value is -1.23. The van der Waals surface area contributed by atoms with E-state index >= 15 is 0 Å². The third-order valence-corrected chi connectivity index (χ3v) is 6.12. The largest absolute Gasteiger partial charge is 0.292 e. The smallest absolute Gasteiger partial charge is 0.0815 e. The van der Waals surface area contributed by atoms with Crippen LogP contribution in [0, 0.1) is 0 Å². The van der Waals surface area contributed by atoms with Crippen molar-refractivity contribution in [2.45, 2.75) is 32.4 Å². The van der Waals surface area contributed by atoms with Crippen molar-refractivity contribution in [3.05, 3.63) is 63.1 Å². The molecule has 1 atom stereocenters. The third kappa shape index (κ3) is 3.08. The predicted octanol–water partition coefficient (Wildman–Crippen LogP) is 5.57. The van der Waals surface area contributed by atoms with Crippen molar-refractivity contribution in [1.82, 2.24) is 9.88 Å². The van der Waals surface area contributed by atoms with Crippen LogP contribution < -0.4 is 0 Å². The van der Waals surface area contributed by atoms with Gasteiger partial charge in [0.05, 0.1) is 15.7 Å². The first-order valence-electron chi connectivity index (χ1n) is 8.05. The fourth-order valence-corrected chi connectivity index (χ4v) is 4.50. The maximum Gasteiger partial charge on any atom is 0.0815 e. The molecule has 0 bridgehead atoms. The highest BCUT2D eigenvalue weighted by Gasteiger charge is 2.20. The van der Waals surface area contributed by atoms with Crippen LogP contribution in [0.25, 0.3) is 10.2 Å². The highest BCUT2D eigenvalue weighted by Crippen LogP contribution is 2.30. The van der Waals surface area contributed by atoms with E-state index in [2.05, 4.69) is 69.1 Å². The molecular weight excluding hydrogens is 368 g/mol. The van der Waals surface area contributed by atoms with Gasteiger partial charge in [0.2, 0.25) is 0 Å². The highest BCUT2D eigenvalue weighted by molar-refractivity contribution is 9.10. The molecule has 1 aliphatic rings. The molecule has 0 radical (unpaired) electrons. The van der Waals surface area contributed by atoms with Crippen molar-refractivity contribution in [3.8, 4) is 0 Å². The first-order chi connectivity index (χ1) is 11.2. The van der Waals surface area contributed by atoms with Gasteiger partial charge in [-0.25, -0.2) is 4.98 Å². The molecule has 0 fully saturated rings. The molecule has 23 heavy (non-hydrogen) atoms. The van der Waals surface area contributed by atoms with Gasteiger partial charge in [-0.05, 0) is 67.3 Å². The molecule has 2 aromatic carbocycles. The van der Waals surface area contributed by atoms with Crippen LogP contribution in [0.1, 0.15) is 36.1 Å². The van der Waals surface area contributed by atoms with E-state index in [0.29, 0.717) is 6.04 Å². The van der Waals surface area contributed by atoms with Crippen molar-refractivity contribution in [3.63, 3.8) is 0 Å². The van der Waals surface area contributed by atoms with E-state index in [4.69, 9.17) is 0 Å². The minimum absolute atomic E-state index is 0.413. The van der Waals surface area contributed by atoms with Gasteiger partial charge in [0, 0.05) is 17.1 Å². The van der Waals surface area contributed by atoms with Crippen molar-refractivity contribution in [2.24, 2.45) is 0 Å².